The van der Waals surface area contributed by atoms with Crippen LogP contribution in [-0.4, -0.2) is 39.8 Å². The van der Waals surface area contributed by atoms with Gasteiger partial charge in [0.2, 0.25) is 11.7 Å². The number of nitrogens with zero attached hydrogens (tertiary/aromatic N) is 4. The molecule has 3 N–H and O–H groups in total. The van der Waals surface area contributed by atoms with Crippen LogP contribution in [0.3, 0.4) is 0 Å². The fourth-order valence-corrected chi connectivity index (χ4v) is 3.66. The second kappa shape index (κ2) is 9.30. The number of nitrogens with one attached hydrogen (secondary N) is 1. The zero-order valence-corrected chi connectivity index (χ0v) is 18.7. The summed E-state index contributed by atoms with van der Waals surface area (Å²) < 4.78 is 6.50. The molecule has 0 aliphatic carbocycles. The monoisotopic (exact) mass is 482 g/mol. The molecule has 2 aromatic carbocycles. The highest BCUT2D eigenvalue weighted by Gasteiger charge is 2.29. The number of hydrogen-bond acceptors (Lipinski definition) is 6. The van der Waals surface area contributed by atoms with E-state index in [1.54, 1.807) is 0 Å². The van der Waals surface area contributed by atoms with Crippen molar-refractivity contribution in [3.8, 4) is 11.4 Å². The predicted molar refractivity (Wildman–Crippen MR) is 122 cm³/mol. The Bertz CT molecular complexity index is 1080. The molecule has 1 aliphatic rings. The van der Waals surface area contributed by atoms with Crippen molar-refractivity contribution in [3.63, 3.8) is 0 Å². The third-order valence-electron chi connectivity index (χ3n) is 5.23. The predicted octanol–water partition coefficient (Wildman–Crippen LogP) is 4.12. The van der Waals surface area contributed by atoms with Crippen LogP contribution in [-0.2, 0) is 11.4 Å². The van der Waals surface area contributed by atoms with Crippen molar-refractivity contribution < 1.29 is 9.36 Å². The van der Waals surface area contributed by atoms with E-state index in [1.165, 1.54) is 0 Å². The third kappa shape index (κ3) is 5.11. The lowest BCUT2D eigenvalue weighted by Gasteiger charge is -2.14. The van der Waals surface area contributed by atoms with Gasteiger partial charge in [0.05, 0.1) is 11.6 Å². The van der Waals surface area contributed by atoms with Crippen LogP contribution in [0.1, 0.15) is 36.3 Å². The molecule has 0 amide bonds. The normalized spacial score (nSPS) is 16.5. The number of benzene rings is 2. The Morgan fingerprint density at radius 1 is 1.26 bits per heavy atom. The average molecular weight is 483 g/mol. The Hall–Kier alpha value is -3.20. The van der Waals surface area contributed by atoms with Crippen molar-refractivity contribution in [2.75, 3.05) is 13.1 Å². The Kier molecular flexibility index (Phi) is 6.31. The van der Waals surface area contributed by atoms with Crippen molar-refractivity contribution in [1.82, 2.24) is 15.0 Å². The minimum Gasteiger partial charge on any atom is -0.391 e. The van der Waals surface area contributed by atoms with E-state index in [0.29, 0.717) is 24.9 Å². The Morgan fingerprint density at radius 3 is 2.68 bits per heavy atom. The molecule has 1 atom stereocenters. The molecule has 0 spiro atoms. The zero-order chi connectivity index (χ0) is 21.8. The molecular formula is C22H23BrN6O2. The summed E-state index contributed by atoms with van der Waals surface area (Å²) in [6.07, 6.45) is 0.843. The first kappa shape index (κ1) is 21.0. The molecule has 9 heteroatoms. The molecule has 0 radical (unpaired) electrons. The first-order valence-corrected chi connectivity index (χ1v) is 10.7. The number of halogens is 1. The van der Waals surface area contributed by atoms with E-state index in [0.717, 1.165) is 39.8 Å². The molecule has 8 nitrogen and oxygen atoms in total. The molecule has 31 heavy (non-hydrogen) atoms. The van der Waals surface area contributed by atoms with Crippen LogP contribution in [0.4, 0.5) is 0 Å². The third-order valence-corrected chi connectivity index (χ3v) is 5.76. The van der Waals surface area contributed by atoms with Crippen molar-refractivity contribution in [3.05, 3.63) is 70.0 Å². The van der Waals surface area contributed by atoms with Crippen LogP contribution in [0.25, 0.3) is 11.4 Å². The van der Waals surface area contributed by atoms with Gasteiger partial charge in [-0.25, -0.2) is 0 Å². The topological polar surface area (TPSA) is 114 Å². The fraction of sp³-hybridized carbons (Fsp3) is 0.273. The molecule has 0 saturated carbocycles. The van der Waals surface area contributed by atoms with Gasteiger partial charge in [-0.3, -0.25) is 5.41 Å². The molecule has 4 rings (SSSR count). The van der Waals surface area contributed by atoms with Crippen LogP contribution in [0.5, 0.6) is 0 Å². The molecular weight excluding hydrogens is 460 g/mol. The molecule has 1 aromatic heterocycles. The average Bonchev–Trinajstić information content (AvgIpc) is 3.45. The second-order valence-electron chi connectivity index (χ2n) is 7.43. The highest BCUT2D eigenvalue weighted by atomic mass is 79.9. The summed E-state index contributed by atoms with van der Waals surface area (Å²) in [5.41, 5.74) is 9.22. The number of hydrogen-bond donors (Lipinski definition) is 2. The van der Waals surface area contributed by atoms with Crippen molar-refractivity contribution in [2.24, 2.45) is 10.9 Å². The van der Waals surface area contributed by atoms with Gasteiger partial charge >= 0.3 is 0 Å². The lowest BCUT2D eigenvalue weighted by molar-refractivity contribution is 0.130. The van der Waals surface area contributed by atoms with Crippen molar-refractivity contribution >= 4 is 27.6 Å². The number of likely N-dealkylation sites (tertiary alicyclic amines) is 1. The maximum Gasteiger partial charge on any atom is 0.231 e. The summed E-state index contributed by atoms with van der Waals surface area (Å²) in [5, 5.41) is 15.9. The Balaban J connectivity index is 1.37. The minimum absolute atomic E-state index is 0.0793. The summed E-state index contributed by atoms with van der Waals surface area (Å²) in [6, 6.07) is 15.7. The molecule has 2 heterocycles. The van der Waals surface area contributed by atoms with E-state index in [-0.39, 0.29) is 11.9 Å². The molecule has 0 unspecified atom stereocenters. The van der Waals surface area contributed by atoms with Crippen LogP contribution in [0, 0.1) is 5.41 Å². The van der Waals surface area contributed by atoms with Gasteiger partial charge in [0.25, 0.3) is 0 Å². The number of guanidine groups is 1. The zero-order valence-electron chi connectivity index (χ0n) is 17.1. The van der Waals surface area contributed by atoms with E-state index < -0.39 is 0 Å². The summed E-state index contributed by atoms with van der Waals surface area (Å²) in [7, 11) is 0. The van der Waals surface area contributed by atoms with Gasteiger partial charge < -0.3 is 20.0 Å². The molecule has 1 aliphatic heterocycles. The summed E-state index contributed by atoms with van der Waals surface area (Å²) >= 11 is 3.42. The van der Waals surface area contributed by atoms with E-state index in [9.17, 15) is 0 Å². The standard InChI is InChI=1S/C22H23BrN6O2/c1-14(27-30-13-15-2-8-19(23)9-3-15)16-4-6-17(7-5-16)20-26-21(31-28-20)18-10-11-29(12-18)22(24)25/h2-9,18H,10-13H2,1H3,(H3,24,25)/b27-14+/t18-/m1/s1. The number of rotatable bonds is 6. The van der Waals surface area contributed by atoms with Gasteiger partial charge in [-0.15, -0.1) is 0 Å². The van der Waals surface area contributed by atoms with Gasteiger partial charge in [-0.1, -0.05) is 62.6 Å². The van der Waals surface area contributed by atoms with Crippen LogP contribution < -0.4 is 5.73 Å². The molecule has 160 valence electrons. The smallest absolute Gasteiger partial charge is 0.231 e. The van der Waals surface area contributed by atoms with Gasteiger partial charge in [0, 0.05) is 23.1 Å². The Morgan fingerprint density at radius 2 is 2.00 bits per heavy atom. The SMILES string of the molecule is C/C(=N\OCc1ccc(Br)cc1)c1ccc(-c2noc([C@@H]3CCN(C(=N)N)C3)n2)cc1. The van der Waals surface area contributed by atoms with Crippen LogP contribution in [0.2, 0.25) is 0 Å². The second-order valence-corrected chi connectivity index (χ2v) is 8.34. The van der Waals surface area contributed by atoms with E-state index in [2.05, 4.69) is 31.2 Å². The van der Waals surface area contributed by atoms with Crippen molar-refractivity contribution in [2.45, 2.75) is 25.9 Å². The molecule has 0 bridgehead atoms. The van der Waals surface area contributed by atoms with Gasteiger partial charge in [0.1, 0.15) is 6.61 Å². The van der Waals surface area contributed by atoms with Gasteiger partial charge in [0.15, 0.2) is 5.96 Å². The van der Waals surface area contributed by atoms with Crippen LogP contribution >= 0.6 is 15.9 Å². The molecule has 1 fully saturated rings. The van der Waals surface area contributed by atoms with Crippen LogP contribution in [0.15, 0.2) is 62.7 Å². The summed E-state index contributed by atoms with van der Waals surface area (Å²) in [6.45, 7) is 3.68. The number of aromatic nitrogens is 2. The largest absolute Gasteiger partial charge is 0.391 e. The first-order valence-electron chi connectivity index (χ1n) is 9.94. The van der Waals surface area contributed by atoms with E-state index in [1.807, 2.05) is 60.4 Å². The molecule has 3 aromatic rings. The van der Waals surface area contributed by atoms with Gasteiger partial charge in [-0.2, -0.15) is 4.98 Å². The van der Waals surface area contributed by atoms with Gasteiger partial charge in [-0.05, 0) is 36.6 Å². The first-order chi connectivity index (χ1) is 15.0. The van der Waals surface area contributed by atoms with Crippen molar-refractivity contribution in [1.29, 1.82) is 5.41 Å². The molecule has 1 saturated heterocycles. The summed E-state index contributed by atoms with van der Waals surface area (Å²) in [4.78, 5) is 11.8. The maximum absolute atomic E-state index is 7.55. The minimum atomic E-state index is 0.0793. The fourth-order valence-electron chi connectivity index (χ4n) is 3.40. The lowest BCUT2D eigenvalue weighted by atomic mass is 10.1. The number of nitrogens with two attached hydrogens (primary N) is 1. The maximum atomic E-state index is 7.55. The highest BCUT2D eigenvalue weighted by Crippen LogP contribution is 2.27. The number of oxime groups is 1. The summed E-state index contributed by atoms with van der Waals surface area (Å²) in [5.74, 6) is 1.31. The Labute approximate surface area is 188 Å². The quantitative estimate of drug-likeness (QED) is 0.310. The highest BCUT2D eigenvalue weighted by molar-refractivity contribution is 9.10. The van der Waals surface area contributed by atoms with E-state index >= 15 is 0 Å². The van der Waals surface area contributed by atoms with E-state index in [4.69, 9.17) is 20.5 Å². The lowest BCUT2D eigenvalue weighted by Crippen LogP contribution is -2.34.